The maximum atomic E-state index is 10.9. The predicted molar refractivity (Wildman–Crippen MR) is 75.4 cm³/mol. The second-order valence-corrected chi connectivity index (χ2v) is 6.64. The van der Waals surface area contributed by atoms with Gasteiger partial charge in [0.15, 0.2) is 0 Å². The Hall–Kier alpha value is -1.36. The molecule has 2 rings (SSSR count). The monoisotopic (exact) mass is 280 g/mol. The van der Waals surface area contributed by atoms with Gasteiger partial charge in [0.2, 0.25) is 5.89 Å². The first-order chi connectivity index (χ1) is 9.36. The number of oxazole rings is 1. The van der Waals surface area contributed by atoms with E-state index in [1.807, 2.05) is 0 Å². The molecule has 0 radical (unpaired) electrons. The smallest absolute Gasteiger partial charge is 0.306 e. The lowest BCUT2D eigenvalue weighted by molar-refractivity contribution is -0.142. The number of aromatic nitrogens is 1. The molecule has 0 bridgehead atoms. The summed E-state index contributed by atoms with van der Waals surface area (Å²) in [5.74, 6) is 0.771. The quantitative estimate of drug-likeness (QED) is 0.887. The topological polar surface area (TPSA) is 75.4 Å². The molecule has 1 aliphatic carbocycles. The Morgan fingerprint density at radius 2 is 2.05 bits per heavy atom. The number of nitrogens with one attached hydrogen (secondary N) is 1. The molecule has 5 heteroatoms. The third-order valence-corrected chi connectivity index (χ3v) is 3.91. The molecule has 1 fully saturated rings. The molecule has 0 atom stereocenters. The first-order valence-electron chi connectivity index (χ1n) is 7.27. The molecule has 0 amide bonds. The zero-order valence-corrected chi connectivity index (χ0v) is 12.5. The summed E-state index contributed by atoms with van der Waals surface area (Å²) in [4.78, 5) is 15.2. The number of carboxylic acids is 1. The Morgan fingerprint density at radius 1 is 1.40 bits per heavy atom. The molecule has 20 heavy (non-hydrogen) atoms. The normalized spacial score (nSPS) is 23.8. The van der Waals surface area contributed by atoms with Gasteiger partial charge in [0.1, 0.15) is 5.76 Å². The van der Waals surface area contributed by atoms with E-state index in [1.165, 1.54) is 0 Å². The van der Waals surface area contributed by atoms with E-state index in [2.05, 4.69) is 31.1 Å². The number of nitrogens with zero attached hydrogens (tertiary/aromatic N) is 1. The maximum absolute atomic E-state index is 10.9. The summed E-state index contributed by atoms with van der Waals surface area (Å²) in [6.45, 7) is 6.90. The molecule has 0 aliphatic heterocycles. The summed E-state index contributed by atoms with van der Waals surface area (Å²) in [6.07, 6.45) is 5.11. The van der Waals surface area contributed by atoms with Crippen molar-refractivity contribution in [3.63, 3.8) is 0 Å². The number of hydrogen-bond donors (Lipinski definition) is 2. The van der Waals surface area contributed by atoms with Crippen molar-refractivity contribution in [1.82, 2.24) is 10.3 Å². The number of hydrogen-bond acceptors (Lipinski definition) is 4. The molecule has 1 heterocycles. The summed E-state index contributed by atoms with van der Waals surface area (Å²) in [5, 5.41) is 12.4. The van der Waals surface area contributed by atoms with E-state index in [4.69, 9.17) is 9.52 Å². The average Bonchev–Trinajstić information content (AvgIpc) is 2.85. The number of carboxylic acid groups (broad SMARTS) is 1. The highest BCUT2D eigenvalue weighted by Gasteiger charge is 2.26. The standard InChI is InChI=1S/C15H24N2O3/c1-15(2,3)12-8-17-13(20-12)9-16-11-6-4-10(5-7-11)14(18)19/h8,10-11,16H,4-7,9H2,1-3H3,(H,18,19). The highest BCUT2D eigenvalue weighted by Crippen LogP contribution is 2.25. The molecule has 0 saturated heterocycles. The molecule has 1 saturated carbocycles. The lowest BCUT2D eigenvalue weighted by atomic mass is 9.86. The third kappa shape index (κ3) is 3.82. The van der Waals surface area contributed by atoms with Crippen LogP contribution in [0.4, 0.5) is 0 Å². The summed E-state index contributed by atoms with van der Waals surface area (Å²) in [6, 6.07) is 0.371. The Morgan fingerprint density at radius 3 is 2.55 bits per heavy atom. The molecule has 1 aromatic heterocycles. The van der Waals surface area contributed by atoms with Gasteiger partial charge in [-0.3, -0.25) is 4.79 Å². The van der Waals surface area contributed by atoms with Crippen LogP contribution in [0.25, 0.3) is 0 Å². The van der Waals surface area contributed by atoms with E-state index in [0.29, 0.717) is 18.5 Å². The maximum Gasteiger partial charge on any atom is 0.306 e. The van der Waals surface area contributed by atoms with Crippen LogP contribution in [0.2, 0.25) is 0 Å². The van der Waals surface area contributed by atoms with Crippen LogP contribution in [0.5, 0.6) is 0 Å². The Labute approximate surface area is 119 Å². The van der Waals surface area contributed by atoms with E-state index in [1.54, 1.807) is 6.20 Å². The molecule has 2 N–H and O–H groups in total. The number of aliphatic carboxylic acids is 1. The molecular formula is C15H24N2O3. The molecule has 112 valence electrons. The van der Waals surface area contributed by atoms with E-state index in [9.17, 15) is 4.79 Å². The molecular weight excluding hydrogens is 256 g/mol. The fraction of sp³-hybridized carbons (Fsp3) is 0.733. The van der Waals surface area contributed by atoms with Gasteiger partial charge in [-0.05, 0) is 25.7 Å². The molecule has 1 aliphatic rings. The number of carbonyl (C=O) groups is 1. The first kappa shape index (κ1) is 15.0. The molecule has 0 aromatic carbocycles. The van der Waals surface area contributed by atoms with E-state index >= 15 is 0 Å². The average molecular weight is 280 g/mol. The fourth-order valence-electron chi connectivity index (χ4n) is 2.51. The van der Waals surface area contributed by atoms with Crippen LogP contribution < -0.4 is 5.32 Å². The van der Waals surface area contributed by atoms with Gasteiger partial charge in [-0.25, -0.2) is 4.98 Å². The minimum atomic E-state index is -0.661. The van der Waals surface area contributed by atoms with E-state index in [-0.39, 0.29) is 11.3 Å². The fourth-order valence-corrected chi connectivity index (χ4v) is 2.51. The van der Waals surface area contributed by atoms with Crippen molar-refractivity contribution in [2.24, 2.45) is 5.92 Å². The zero-order chi connectivity index (χ0) is 14.8. The van der Waals surface area contributed by atoms with Crippen LogP contribution in [-0.4, -0.2) is 22.1 Å². The summed E-state index contributed by atoms with van der Waals surface area (Å²) >= 11 is 0. The van der Waals surface area contributed by atoms with Gasteiger partial charge in [0, 0.05) is 11.5 Å². The minimum Gasteiger partial charge on any atom is -0.481 e. The second kappa shape index (κ2) is 5.95. The highest BCUT2D eigenvalue weighted by atomic mass is 16.4. The number of rotatable bonds is 4. The van der Waals surface area contributed by atoms with Crippen LogP contribution >= 0.6 is 0 Å². The largest absolute Gasteiger partial charge is 0.481 e. The van der Waals surface area contributed by atoms with Gasteiger partial charge in [-0.1, -0.05) is 20.8 Å². The van der Waals surface area contributed by atoms with Gasteiger partial charge in [0.25, 0.3) is 0 Å². The van der Waals surface area contributed by atoms with Gasteiger partial charge in [0.05, 0.1) is 18.7 Å². The van der Waals surface area contributed by atoms with Crippen molar-refractivity contribution in [1.29, 1.82) is 0 Å². The minimum absolute atomic E-state index is 0.0230. The van der Waals surface area contributed by atoms with E-state index < -0.39 is 5.97 Å². The van der Waals surface area contributed by atoms with Crippen molar-refractivity contribution >= 4 is 5.97 Å². The van der Waals surface area contributed by atoms with Crippen LogP contribution in [0.3, 0.4) is 0 Å². The van der Waals surface area contributed by atoms with Gasteiger partial charge < -0.3 is 14.8 Å². The Bertz CT molecular complexity index is 454. The zero-order valence-electron chi connectivity index (χ0n) is 12.5. The second-order valence-electron chi connectivity index (χ2n) is 6.64. The van der Waals surface area contributed by atoms with Crippen molar-refractivity contribution < 1.29 is 14.3 Å². The summed E-state index contributed by atoms with van der Waals surface area (Å²) in [7, 11) is 0. The summed E-state index contributed by atoms with van der Waals surface area (Å²) in [5.41, 5.74) is -0.0230. The SMILES string of the molecule is CC(C)(C)c1cnc(CNC2CCC(C(=O)O)CC2)o1. The lowest BCUT2D eigenvalue weighted by Gasteiger charge is -2.26. The van der Waals surface area contributed by atoms with Crippen molar-refractivity contribution in [3.05, 3.63) is 17.8 Å². The first-order valence-corrected chi connectivity index (χ1v) is 7.27. The molecule has 0 unspecified atom stereocenters. The molecule has 0 spiro atoms. The Balaban J connectivity index is 1.79. The van der Waals surface area contributed by atoms with Crippen molar-refractivity contribution in [2.45, 2.75) is 64.5 Å². The van der Waals surface area contributed by atoms with E-state index in [0.717, 1.165) is 31.4 Å². The van der Waals surface area contributed by atoms with Crippen LogP contribution in [0, 0.1) is 5.92 Å². The van der Waals surface area contributed by atoms with Crippen LogP contribution in [0.15, 0.2) is 10.6 Å². The molecule has 1 aromatic rings. The van der Waals surface area contributed by atoms with Gasteiger partial charge in [-0.2, -0.15) is 0 Å². The highest BCUT2D eigenvalue weighted by molar-refractivity contribution is 5.70. The van der Waals surface area contributed by atoms with Gasteiger partial charge in [-0.15, -0.1) is 0 Å². The Kier molecular flexibility index (Phi) is 4.48. The van der Waals surface area contributed by atoms with Crippen LogP contribution in [-0.2, 0) is 16.8 Å². The summed E-state index contributed by atoms with van der Waals surface area (Å²) < 4.78 is 5.73. The van der Waals surface area contributed by atoms with Crippen molar-refractivity contribution in [3.8, 4) is 0 Å². The molecule has 5 nitrogen and oxygen atoms in total. The van der Waals surface area contributed by atoms with Gasteiger partial charge >= 0.3 is 5.97 Å². The predicted octanol–water partition coefficient (Wildman–Crippen LogP) is 2.71. The lowest BCUT2D eigenvalue weighted by Crippen LogP contribution is -2.34. The van der Waals surface area contributed by atoms with Crippen molar-refractivity contribution in [2.75, 3.05) is 0 Å². The third-order valence-electron chi connectivity index (χ3n) is 3.91. The van der Waals surface area contributed by atoms with Crippen LogP contribution in [0.1, 0.15) is 58.1 Å².